The molecule has 21 heavy (non-hydrogen) atoms. The summed E-state index contributed by atoms with van der Waals surface area (Å²) in [5.74, 6) is -0.369. The van der Waals surface area contributed by atoms with E-state index in [0.717, 1.165) is 5.56 Å². The molecule has 0 fully saturated rings. The molecule has 6 heteroatoms. The van der Waals surface area contributed by atoms with E-state index in [1.165, 1.54) is 6.92 Å². The van der Waals surface area contributed by atoms with Gasteiger partial charge in [0.2, 0.25) is 0 Å². The number of carbonyl (C=O) groups is 2. The number of anilines is 1. The van der Waals surface area contributed by atoms with Gasteiger partial charge in [-0.2, -0.15) is 0 Å². The van der Waals surface area contributed by atoms with Crippen LogP contribution in [0.3, 0.4) is 0 Å². The number of hydrogen-bond donors (Lipinski definition) is 2. The van der Waals surface area contributed by atoms with Gasteiger partial charge >= 0.3 is 12.1 Å². The van der Waals surface area contributed by atoms with Gasteiger partial charge in [0, 0.05) is 24.7 Å². The van der Waals surface area contributed by atoms with Crippen molar-refractivity contribution in [2.24, 2.45) is 0 Å². The molecule has 0 heterocycles. The Hall–Kier alpha value is -2.24. The fraction of sp³-hybridized carbons (Fsp3) is 0.467. The van der Waals surface area contributed by atoms with Gasteiger partial charge in [0.25, 0.3) is 0 Å². The molecule has 0 aromatic heterocycles. The first-order chi connectivity index (χ1) is 9.67. The molecule has 1 amide bonds. The van der Waals surface area contributed by atoms with Gasteiger partial charge in [-0.1, -0.05) is 6.07 Å². The highest BCUT2D eigenvalue weighted by molar-refractivity contribution is 5.68. The van der Waals surface area contributed by atoms with Crippen LogP contribution in [0, 0.1) is 0 Å². The number of nitrogens with two attached hydrogens (primary N) is 1. The van der Waals surface area contributed by atoms with E-state index in [1.54, 1.807) is 39.0 Å². The number of carbonyl (C=O) groups excluding carboxylic acids is 2. The van der Waals surface area contributed by atoms with Gasteiger partial charge in [-0.05, 0) is 38.5 Å². The molecule has 0 aliphatic carbocycles. The minimum atomic E-state index is -0.536. The first-order valence-corrected chi connectivity index (χ1v) is 6.65. The lowest BCUT2D eigenvalue weighted by atomic mass is 10.1. The monoisotopic (exact) mass is 294 g/mol. The molecule has 0 saturated heterocycles. The van der Waals surface area contributed by atoms with Crippen LogP contribution in [0.5, 0.6) is 0 Å². The predicted octanol–water partition coefficient (Wildman–Crippen LogP) is 2.36. The largest absolute Gasteiger partial charge is 0.461 e. The van der Waals surface area contributed by atoms with Gasteiger partial charge in [-0.25, -0.2) is 4.79 Å². The highest BCUT2D eigenvalue weighted by Crippen LogP contribution is 2.16. The Morgan fingerprint density at radius 1 is 1.29 bits per heavy atom. The van der Waals surface area contributed by atoms with Gasteiger partial charge in [0.15, 0.2) is 0 Å². The number of benzene rings is 1. The standard InChI is InChI=1S/C15H22N2O4/c1-10(18)20-9-12-7-11(5-6-13(12)16)8-17-14(19)21-15(2,3)4/h5-7H,8-9,16H2,1-4H3,(H,17,19). The Balaban J connectivity index is 2.61. The van der Waals surface area contributed by atoms with E-state index in [1.807, 2.05) is 0 Å². The second-order valence-corrected chi connectivity index (χ2v) is 5.67. The average molecular weight is 294 g/mol. The Bertz CT molecular complexity index is 521. The van der Waals surface area contributed by atoms with Crippen molar-refractivity contribution in [1.29, 1.82) is 0 Å². The van der Waals surface area contributed by atoms with Gasteiger partial charge in [-0.15, -0.1) is 0 Å². The van der Waals surface area contributed by atoms with Gasteiger partial charge in [0.1, 0.15) is 12.2 Å². The third kappa shape index (κ3) is 6.65. The molecule has 116 valence electrons. The molecule has 6 nitrogen and oxygen atoms in total. The zero-order chi connectivity index (χ0) is 16.0. The summed E-state index contributed by atoms with van der Waals surface area (Å²) < 4.78 is 10.1. The van der Waals surface area contributed by atoms with Crippen LogP contribution in [0.25, 0.3) is 0 Å². The average Bonchev–Trinajstić information content (AvgIpc) is 2.34. The summed E-state index contributed by atoms with van der Waals surface area (Å²) in [4.78, 5) is 22.4. The molecule has 0 unspecified atom stereocenters. The number of hydrogen-bond acceptors (Lipinski definition) is 5. The number of ether oxygens (including phenoxy) is 2. The number of alkyl carbamates (subject to hydrolysis) is 1. The fourth-order valence-electron chi connectivity index (χ4n) is 1.56. The molecule has 3 N–H and O–H groups in total. The van der Waals surface area contributed by atoms with E-state index in [2.05, 4.69) is 5.32 Å². The summed E-state index contributed by atoms with van der Waals surface area (Å²) in [5.41, 5.74) is 7.36. The second-order valence-electron chi connectivity index (χ2n) is 5.67. The summed E-state index contributed by atoms with van der Waals surface area (Å²) in [7, 11) is 0. The maximum atomic E-state index is 11.6. The molecule has 0 bridgehead atoms. The minimum Gasteiger partial charge on any atom is -0.461 e. The molecule has 0 radical (unpaired) electrons. The van der Waals surface area contributed by atoms with Gasteiger partial charge in [0.05, 0.1) is 0 Å². The first kappa shape index (κ1) is 16.8. The number of nitrogen functional groups attached to an aromatic ring is 1. The highest BCUT2D eigenvalue weighted by atomic mass is 16.6. The van der Waals surface area contributed by atoms with Crippen LogP contribution in [-0.2, 0) is 27.4 Å². The molecule has 0 aliphatic rings. The van der Waals surface area contributed by atoms with E-state index in [4.69, 9.17) is 15.2 Å². The zero-order valence-corrected chi connectivity index (χ0v) is 12.9. The topological polar surface area (TPSA) is 90.6 Å². The molecular formula is C15H22N2O4. The van der Waals surface area contributed by atoms with Crippen LogP contribution in [-0.4, -0.2) is 17.7 Å². The van der Waals surface area contributed by atoms with Gasteiger partial charge in [-0.3, -0.25) is 4.79 Å². The molecule has 1 aromatic carbocycles. The lowest BCUT2D eigenvalue weighted by Gasteiger charge is -2.19. The lowest BCUT2D eigenvalue weighted by Crippen LogP contribution is -2.32. The molecule has 0 aliphatic heterocycles. The summed E-state index contributed by atoms with van der Waals surface area (Å²) in [5, 5.41) is 2.66. The van der Waals surface area contributed by atoms with Crippen LogP contribution in [0.1, 0.15) is 38.8 Å². The molecule has 0 spiro atoms. The van der Waals surface area contributed by atoms with Crippen LogP contribution >= 0.6 is 0 Å². The lowest BCUT2D eigenvalue weighted by molar-refractivity contribution is -0.142. The van der Waals surface area contributed by atoms with E-state index >= 15 is 0 Å². The number of amides is 1. The number of esters is 1. The Kier molecular flexibility index (Phi) is 5.58. The molecular weight excluding hydrogens is 272 g/mol. The quantitative estimate of drug-likeness (QED) is 0.657. The van der Waals surface area contributed by atoms with Crippen molar-refractivity contribution < 1.29 is 19.1 Å². The van der Waals surface area contributed by atoms with E-state index < -0.39 is 11.7 Å². The van der Waals surface area contributed by atoms with Crippen molar-refractivity contribution in [2.45, 2.75) is 46.4 Å². The van der Waals surface area contributed by atoms with Crippen molar-refractivity contribution in [3.8, 4) is 0 Å². The molecule has 1 aromatic rings. The first-order valence-electron chi connectivity index (χ1n) is 6.65. The van der Waals surface area contributed by atoms with Crippen molar-refractivity contribution >= 4 is 17.7 Å². The number of rotatable bonds is 4. The van der Waals surface area contributed by atoms with E-state index in [-0.39, 0.29) is 12.6 Å². The molecule has 1 rings (SSSR count). The fourth-order valence-corrected chi connectivity index (χ4v) is 1.56. The zero-order valence-electron chi connectivity index (χ0n) is 12.9. The minimum absolute atomic E-state index is 0.113. The van der Waals surface area contributed by atoms with Crippen LogP contribution < -0.4 is 11.1 Å². The van der Waals surface area contributed by atoms with Crippen molar-refractivity contribution in [3.05, 3.63) is 29.3 Å². The smallest absolute Gasteiger partial charge is 0.407 e. The number of nitrogens with one attached hydrogen (secondary N) is 1. The van der Waals surface area contributed by atoms with Crippen LogP contribution in [0.15, 0.2) is 18.2 Å². The molecule has 0 atom stereocenters. The Morgan fingerprint density at radius 3 is 2.52 bits per heavy atom. The predicted molar refractivity (Wildman–Crippen MR) is 79.4 cm³/mol. The summed E-state index contributed by atoms with van der Waals surface area (Å²) >= 11 is 0. The second kappa shape index (κ2) is 6.97. The highest BCUT2D eigenvalue weighted by Gasteiger charge is 2.15. The maximum Gasteiger partial charge on any atom is 0.407 e. The summed E-state index contributed by atoms with van der Waals surface area (Å²) in [6, 6.07) is 5.30. The Labute approximate surface area is 124 Å². The van der Waals surface area contributed by atoms with Crippen LogP contribution in [0.2, 0.25) is 0 Å². The third-order valence-corrected chi connectivity index (χ3v) is 2.47. The van der Waals surface area contributed by atoms with Crippen LogP contribution in [0.4, 0.5) is 10.5 Å². The Morgan fingerprint density at radius 2 is 1.95 bits per heavy atom. The van der Waals surface area contributed by atoms with E-state index in [0.29, 0.717) is 17.8 Å². The SMILES string of the molecule is CC(=O)OCc1cc(CNC(=O)OC(C)(C)C)ccc1N. The van der Waals surface area contributed by atoms with Crippen molar-refractivity contribution in [1.82, 2.24) is 5.32 Å². The van der Waals surface area contributed by atoms with E-state index in [9.17, 15) is 9.59 Å². The molecule has 0 saturated carbocycles. The van der Waals surface area contributed by atoms with Crippen molar-refractivity contribution in [3.63, 3.8) is 0 Å². The normalized spacial score (nSPS) is 10.9. The third-order valence-electron chi connectivity index (χ3n) is 2.47. The van der Waals surface area contributed by atoms with Crippen molar-refractivity contribution in [2.75, 3.05) is 5.73 Å². The summed E-state index contributed by atoms with van der Waals surface area (Å²) in [6.45, 7) is 7.15. The van der Waals surface area contributed by atoms with Gasteiger partial charge < -0.3 is 20.5 Å². The maximum absolute atomic E-state index is 11.6. The summed E-state index contributed by atoms with van der Waals surface area (Å²) in [6.07, 6.45) is -0.485.